The van der Waals surface area contributed by atoms with Crippen LogP contribution >= 0.6 is 0 Å². The molecule has 5 nitrogen and oxygen atoms in total. The van der Waals surface area contributed by atoms with Gasteiger partial charge in [-0.1, -0.05) is 60.7 Å². The van der Waals surface area contributed by atoms with Gasteiger partial charge in [0.05, 0.1) is 18.4 Å². The molecule has 3 aromatic rings. The molecular weight excluding hydrogens is 362 g/mol. The second kappa shape index (κ2) is 9.07. The number of carbonyl (C=O) groups is 1. The molecule has 5 heteroatoms. The van der Waals surface area contributed by atoms with Gasteiger partial charge in [0, 0.05) is 31.6 Å². The molecule has 1 aliphatic heterocycles. The number of hydrogen-bond acceptors (Lipinski definition) is 3. The first-order valence-corrected chi connectivity index (χ1v) is 10.1. The molecule has 1 heterocycles. The minimum absolute atomic E-state index is 0.200. The largest absolute Gasteiger partial charge is 0.376 e. The molecule has 1 aliphatic rings. The third-order valence-electron chi connectivity index (χ3n) is 5.21. The molecule has 1 saturated heterocycles. The van der Waals surface area contributed by atoms with Crippen molar-refractivity contribution in [1.82, 2.24) is 10.2 Å². The van der Waals surface area contributed by atoms with Gasteiger partial charge >= 0.3 is 6.03 Å². The van der Waals surface area contributed by atoms with Crippen molar-refractivity contribution >= 4 is 22.5 Å². The van der Waals surface area contributed by atoms with Crippen molar-refractivity contribution in [2.24, 2.45) is 0 Å². The van der Waals surface area contributed by atoms with E-state index in [4.69, 9.17) is 4.74 Å². The van der Waals surface area contributed by atoms with Crippen LogP contribution in [0.4, 0.5) is 10.5 Å². The third-order valence-corrected chi connectivity index (χ3v) is 5.21. The van der Waals surface area contributed by atoms with Gasteiger partial charge in [-0.3, -0.25) is 4.90 Å². The first-order valence-electron chi connectivity index (χ1n) is 10.1. The Morgan fingerprint density at radius 3 is 2.76 bits per heavy atom. The number of urea groups is 1. The quantitative estimate of drug-likeness (QED) is 0.681. The summed E-state index contributed by atoms with van der Waals surface area (Å²) >= 11 is 0. The summed E-state index contributed by atoms with van der Waals surface area (Å²) in [6, 6.07) is 22.1. The van der Waals surface area contributed by atoms with Gasteiger partial charge in [0.25, 0.3) is 0 Å². The fraction of sp³-hybridized carbons (Fsp3) is 0.292. The van der Waals surface area contributed by atoms with Crippen LogP contribution in [0.15, 0.2) is 66.7 Å². The van der Waals surface area contributed by atoms with Gasteiger partial charge in [0.15, 0.2) is 0 Å². The van der Waals surface area contributed by atoms with E-state index in [0.29, 0.717) is 6.54 Å². The van der Waals surface area contributed by atoms with E-state index in [2.05, 4.69) is 40.7 Å². The molecule has 4 rings (SSSR count). The number of ether oxygens (including phenoxy) is 1. The van der Waals surface area contributed by atoms with E-state index in [1.165, 1.54) is 5.56 Å². The smallest absolute Gasteiger partial charge is 0.319 e. The summed E-state index contributed by atoms with van der Waals surface area (Å²) in [5.74, 6) is 0. The van der Waals surface area contributed by atoms with Gasteiger partial charge < -0.3 is 15.4 Å². The molecule has 29 heavy (non-hydrogen) atoms. The van der Waals surface area contributed by atoms with Gasteiger partial charge in [-0.25, -0.2) is 4.79 Å². The normalized spacial score (nSPS) is 17.2. The molecule has 0 aliphatic carbocycles. The van der Waals surface area contributed by atoms with Crippen LogP contribution < -0.4 is 10.6 Å². The molecule has 1 unspecified atom stereocenters. The van der Waals surface area contributed by atoms with Crippen molar-refractivity contribution in [1.29, 1.82) is 0 Å². The maximum Gasteiger partial charge on any atom is 0.319 e. The summed E-state index contributed by atoms with van der Waals surface area (Å²) < 4.78 is 5.61. The maximum absolute atomic E-state index is 12.4. The number of nitrogens with one attached hydrogen (secondary N) is 2. The van der Waals surface area contributed by atoms with Gasteiger partial charge in [-0.2, -0.15) is 0 Å². The Bertz CT molecular complexity index is 983. The van der Waals surface area contributed by atoms with Crippen molar-refractivity contribution in [3.8, 4) is 0 Å². The standard InChI is InChI=1S/C24H27N3O2/c1-18-16-27(12-13-29-18)17-20-7-4-6-19(14-20)15-25-24(28)26-23-11-5-9-21-8-2-3-10-22(21)23/h2-11,14,18H,12-13,15-17H2,1H3,(H2,25,26,28). The summed E-state index contributed by atoms with van der Waals surface area (Å²) in [4.78, 5) is 14.8. The van der Waals surface area contributed by atoms with Crippen LogP contribution in [-0.2, 0) is 17.8 Å². The van der Waals surface area contributed by atoms with Crippen LogP contribution in [0.2, 0.25) is 0 Å². The highest BCUT2D eigenvalue weighted by Crippen LogP contribution is 2.22. The molecule has 0 bridgehead atoms. The molecule has 3 aromatic carbocycles. The lowest BCUT2D eigenvalue weighted by Crippen LogP contribution is -2.40. The highest BCUT2D eigenvalue weighted by molar-refractivity contribution is 6.01. The van der Waals surface area contributed by atoms with Crippen molar-refractivity contribution in [2.75, 3.05) is 25.0 Å². The average molecular weight is 389 g/mol. The van der Waals surface area contributed by atoms with E-state index in [1.54, 1.807) is 0 Å². The van der Waals surface area contributed by atoms with Crippen molar-refractivity contribution in [3.63, 3.8) is 0 Å². The fourth-order valence-electron chi connectivity index (χ4n) is 3.81. The minimum Gasteiger partial charge on any atom is -0.376 e. The van der Waals surface area contributed by atoms with Gasteiger partial charge in [0.1, 0.15) is 0 Å². The van der Waals surface area contributed by atoms with Gasteiger partial charge in [0.2, 0.25) is 0 Å². The number of rotatable bonds is 5. The summed E-state index contributed by atoms with van der Waals surface area (Å²) in [7, 11) is 0. The van der Waals surface area contributed by atoms with E-state index < -0.39 is 0 Å². The highest BCUT2D eigenvalue weighted by atomic mass is 16.5. The zero-order chi connectivity index (χ0) is 20.1. The first kappa shape index (κ1) is 19.4. The second-order valence-electron chi connectivity index (χ2n) is 7.57. The molecule has 150 valence electrons. The predicted molar refractivity (Wildman–Crippen MR) is 117 cm³/mol. The average Bonchev–Trinajstić information content (AvgIpc) is 2.73. The predicted octanol–water partition coefficient (Wildman–Crippen LogP) is 4.38. The van der Waals surface area contributed by atoms with Crippen LogP contribution in [0.3, 0.4) is 0 Å². The molecule has 2 amide bonds. The number of benzene rings is 3. The van der Waals surface area contributed by atoms with Gasteiger partial charge in [-0.15, -0.1) is 0 Å². The molecule has 1 atom stereocenters. The Kier molecular flexibility index (Phi) is 6.08. The number of anilines is 1. The van der Waals surface area contributed by atoms with Crippen LogP contribution in [0.1, 0.15) is 18.1 Å². The summed E-state index contributed by atoms with van der Waals surface area (Å²) in [6.45, 7) is 6.21. The molecule has 0 aromatic heterocycles. The molecule has 0 saturated carbocycles. The maximum atomic E-state index is 12.4. The SMILES string of the molecule is CC1CN(Cc2cccc(CNC(=O)Nc3cccc4ccccc34)c2)CCO1. The first-order chi connectivity index (χ1) is 14.2. The molecule has 0 radical (unpaired) electrons. The number of amides is 2. The monoisotopic (exact) mass is 389 g/mol. The zero-order valence-electron chi connectivity index (χ0n) is 16.7. The number of hydrogen-bond donors (Lipinski definition) is 2. The molecule has 0 spiro atoms. The molecule has 2 N–H and O–H groups in total. The lowest BCUT2D eigenvalue weighted by Gasteiger charge is -2.31. The Morgan fingerprint density at radius 1 is 1.07 bits per heavy atom. The van der Waals surface area contributed by atoms with E-state index in [9.17, 15) is 4.79 Å². The topological polar surface area (TPSA) is 53.6 Å². The summed E-state index contributed by atoms with van der Waals surface area (Å²) in [6.07, 6.45) is 0.284. The summed E-state index contributed by atoms with van der Waals surface area (Å²) in [5, 5.41) is 8.08. The Labute approximate surface area is 171 Å². The van der Waals surface area contributed by atoms with E-state index in [-0.39, 0.29) is 12.1 Å². The highest BCUT2D eigenvalue weighted by Gasteiger charge is 2.16. The van der Waals surface area contributed by atoms with Crippen molar-refractivity contribution < 1.29 is 9.53 Å². The van der Waals surface area contributed by atoms with E-state index in [0.717, 1.165) is 48.3 Å². The number of carbonyl (C=O) groups excluding carboxylic acids is 1. The minimum atomic E-state index is -0.200. The lowest BCUT2D eigenvalue weighted by molar-refractivity contribution is -0.0212. The fourth-order valence-corrected chi connectivity index (χ4v) is 3.81. The molecular formula is C24H27N3O2. The lowest BCUT2D eigenvalue weighted by atomic mass is 10.1. The third kappa shape index (κ3) is 5.13. The Balaban J connectivity index is 1.34. The Hall–Kier alpha value is -2.89. The van der Waals surface area contributed by atoms with Crippen LogP contribution in [0, 0.1) is 0 Å². The van der Waals surface area contributed by atoms with Crippen LogP contribution in [0.5, 0.6) is 0 Å². The van der Waals surface area contributed by atoms with Crippen LogP contribution in [-0.4, -0.2) is 36.7 Å². The van der Waals surface area contributed by atoms with Crippen LogP contribution in [0.25, 0.3) is 10.8 Å². The number of morpholine rings is 1. The van der Waals surface area contributed by atoms with Crippen molar-refractivity contribution in [2.45, 2.75) is 26.1 Å². The Morgan fingerprint density at radius 2 is 1.86 bits per heavy atom. The summed E-state index contributed by atoms with van der Waals surface area (Å²) in [5.41, 5.74) is 3.17. The van der Waals surface area contributed by atoms with E-state index in [1.807, 2.05) is 48.5 Å². The second-order valence-corrected chi connectivity index (χ2v) is 7.57. The van der Waals surface area contributed by atoms with Gasteiger partial charge in [-0.05, 0) is 29.5 Å². The van der Waals surface area contributed by atoms with Crippen molar-refractivity contribution in [3.05, 3.63) is 77.9 Å². The number of nitrogens with zero attached hydrogens (tertiary/aromatic N) is 1. The zero-order valence-corrected chi connectivity index (χ0v) is 16.7. The van der Waals surface area contributed by atoms with E-state index >= 15 is 0 Å². The number of fused-ring (bicyclic) bond motifs is 1. The molecule has 1 fully saturated rings.